The van der Waals surface area contributed by atoms with Crippen LogP contribution in [0, 0.1) is 6.92 Å². The number of allylic oxidation sites excluding steroid dienone is 1. The molecule has 2 rings (SSSR count). The summed E-state index contributed by atoms with van der Waals surface area (Å²) in [5.74, 6) is 1.96. The van der Waals surface area contributed by atoms with Gasteiger partial charge in [-0.05, 0) is 50.4 Å². The first-order valence-electron chi connectivity index (χ1n) is 7.47. The highest BCUT2D eigenvalue weighted by atomic mass is 16.5. The third-order valence-electron chi connectivity index (χ3n) is 3.55. The summed E-state index contributed by atoms with van der Waals surface area (Å²) in [5, 5.41) is 3.58. The van der Waals surface area contributed by atoms with Gasteiger partial charge in [-0.3, -0.25) is 0 Å². The van der Waals surface area contributed by atoms with Crippen LogP contribution in [-0.4, -0.2) is 20.3 Å². The molecule has 0 bridgehead atoms. The van der Waals surface area contributed by atoms with Crippen LogP contribution in [-0.2, 0) is 4.74 Å². The van der Waals surface area contributed by atoms with Crippen molar-refractivity contribution in [1.82, 2.24) is 5.32 Å². The fourth-order valence-electron chi connectivity index (χ4n) is 2.49. The number of benzene rings is 1. The lowest BCUT2D eigenvalue weighted by molar-refractivity contribution is 0.167. The molecule has 0 spiro atoms. The molecule has 0 radical (unpaired) electrons. The van der Waals surface area contributed by atoms with Crippen LogP contribution in [0.1, 0.15) is 43.4 Å². The molecule has 1 N–H and O–H groups in total. The molecule has 1 aliphatic rings. The molecule has 1 unspecified atom stereocenters. The van der Waals surface area contributed by atoms with Gasteiger partial charge in [-0.1, -0.05) is 19.1 Å². The second kappa shape index (κ2) is 7.34. The fraction of sp³-hybridized carbons (Fsp3) is 0.529. The van der Waals surface area contributed by atoms with Crippen LogP contribution in [0.2, 0.25) is 0 Å². The number of ether oxygens (including phenoxy) is 2. The van der Waals surface area contributed by atoms with E-state index in [1.54, 1.807) is 7.11 Å². The maximum Gasteiger partial charge on any atom is 0.124 e. The van der Waals surface area contributed by atoms with Crippen molar-refractivity contribution in [2.75, 3.05) is 20.3 Å². The molecule has 1 aromatic rings. The number of hydrogen-bond donors (Lipinski definition) is 1. The number of rotatable bonds is 6. The van der Waals surface area contributed by atoms with Crippen LogP contribution in [0.5, 0.6) is 5.75 Å². The molecule has 1 aliphatic heterocycles. The zero-order valence-electron chi connectivity index (χ0n) is 12.7. The molecule has 20 heavy (non-hydrogen) atoms. The van der Waals surface area contributed by atoms with Gasteiger partial charge in [0.2, 0.25) is 0 Å². The Labute approximate surface area is 122 Å². The van der Waals surface area contributed by atoms with E-state index in [1.165, 1.54) is 5.56 Å². The lowest BCUT2D eigenvalue weighted by Crippen LogP contribution is -2.26. The molecule has 0 fully saturated rings. The minimum atomic E-state index is 0.0887. The van der Waals surface area contributed by atoms with Crippen LogP contribution in [0.4, 0.5) is 0 Å². The summed E-state index contributed by atoms with van der Waals surface area (Å²) < 4.78 is 11.4. The fourth-order valence-corrected chi connectivity index (χ4v) is 2.49. The van der Waals surface area contributed by atoms with Crippen LogP contribution in [0.25, 0.3) is 0 Å². The van der Waals surface area contributed by atoms with Gasteiger partial charge < -0.3 is 14.8 Å². The Bertz CT molecular complexity index is 468. The minimum Gasteiger partial charge on any atom is -0.496 e. The van der Waals surface area contributed by atoms with Crippen LogP contribution in [0.15, 0.2) is 30.0 Å². The van der Waals surface area contributed by atoms with Crippen LogP contribution < -0.4 is 10.1 Å². The maximum absolute atomic E-state index is 5.86. The van der Waals surface area contributed by atoms with E-state index in [9.17, 15) is 0 Å². The van der Waals surface area contributed by atoms with Crippen molar-refractivity contribution in [3.63, 3.8) is 0 Å². The van der Waals surface area contributed by atoms with E-state index in [1.807, 2.05) is 0 Å². The first-order valence-corrected chi connectivity index (χ1v) is 7.47. The Hall–Kier alpha value is -1.48. The van der Waals surface area contributed by atoms with E-state index in [0.29, 0.717) is 0 Å². The van der Waals surface area contributed by atoms with Crippen molar-refractivity contribution < 1.29 is 9.47 Å². The van der Waals surface area contributed by atoms with Gasteiger partial charge in [0.25, 0.3) is 0 Å². The van der Waals surface area contributed by atoms with Crippen molar-refractivity contribution in [2.24, 2.45) is 0 Å². The normalized spacial score (nSPS) is 16.2. The molecular weight excluding hydrogens is 250 g/mol. The molecule has 1 heterocycles. The molecule has 3 nitrogen and oxygen atoms in total. The van der Waals surface area contributed by atoms with Gasteiger partial charge in [0.05, 0.1) is 19.8 Å². The Kier molecular flexibility index (Phi) is 5.48. The Morgan fingerprint density at radius 2 is 2.25 bits per heavy atom. The highest BCUT2D eigenvalue weighted by molar-refractivity contribution is 5.42. The van der Waals surface area contributed by atoms with Crippen molar-refractivity contribution >= 4 is 0 Å². The smallest absolute Gasteiger partial charge is 0.124 e. The molecule has 0 saturated heterocycles. The minimum absolute atomic E-state index is 0.0887. The second-order valence-corrected chi connectivity index (χ2v) is 5.23. The molecule has 0 amide bonds. The van der Waals surface area contributed by atoms with E-state index in [0.717, 1.165) is 49.5 Å². The zero-order valence-corrected chi connectivity index (χ0v) is 12.7. The Balaban J connectivity index is 2.32. The summed E-state index contributed by atoms with van der Waals surface area (Å²) in [4.78, 5) is 0. The predicted octanol–water partition coefficient (Wildman–Crippen LogP) is 3.74. The summed E-state index contributed by atoms with van der Waals surface area (Å²) in [6, 6.07) is 6.44. The average Bonchev–Trinajstić information content (AvgIpc) is 2.49. The van der Waals surface area contributed by atoms with E-state index < -0.39 is 0 Å². The van der Waals surface area contributed by atoms with Crippen molar-refractivity contribution in [3.8, 4) is 5.75 Å². The average molecular weight is 275 g/mol. The molecule has 0 aliphatic carbocycles. The number of nitrogens with one attached hydrogen (secondary N) is 1. The monoisotopic (exact) mass is 275 g/mol. The lowest BCUT2D eigenvalue weighted by atomic mass is 10.00. The molecule has 0 saturated carbocycles. The van der Waals surface area contributed by atoms with E-state index >= 15 is 0 Å². The summed E-state index contributed by atoms with van der Waals surface area (Å²) in [6.45, 7) is 6.02. The molecule has 0 aromatic heterocycles. The highest BCUT2D eigenvalue weighted by Gasteiger charge is 2.22. The first kappa shape index (κ1) is 14.9. The maximum atomic E-state index is 5.86. The van der Waals surface area contributed by atoms with Gasteiger partial charge in [-0.2, -0.15) is 0 Å². The third-order valence-corrected chi connectivity index (χ3v) is 3.55. The van der Waals surface area contributed by atoms with E-state index in [2.05, 4.69) is 43.4 Å². The molecular formula is C17H25NO2. The topological polar surface area (TPSA) is 30.5 Å². The molecule has 3 heteroatoms. The standard InChI is InChI=1S/C17H25NO2/c1-4-10-18-17(15-7-5-6-11-20-15)14-9-8-13(2)12-16(14)19-3/h7-9,12,17-18H,4-6,10-11H2,1-3H3. The van der Waals surface area contributed by atoms with Gasteiger partial charge in [-0.25, -0.2) is 0 Å². The zero-order chi connectivity index (χ0) is 14.4. The van der Waals surface area contributed by atoms with Gasteiger partial charge in [0.15, 0.2) is 0 Å². The van der Waals surface area contributed by atoms with Crippen molar-refractivity contribution in [1.29, 1.82) is 0 Å². The van der Waals surface area contributed by atoms with E-state index in [-0.39, 0.29) is 6.04 Å². The van der Waals surface area contributed by atoms with E-state index in [4.69, 9.17) is 9.47 Å². The quantitative estimate of drug-likeness (QED) is 0.858. The first-order chi connectivity index (χ1) is 9.76. The van der Waals surface area contributed by atoms with Crippen LogP contribution >= 0.6 is 0 Å². The van der Waals surface area contributed by atoms with Gasteiger partial charge in [-0.15, -0.1) is 0 Å². The summed E-state index contributed by atoms with van der Waals surface area (Å²) in [7, 11) is 1.73. The van der Waals surface area contributed by atoms with Gasteiger partial charge in [0.1, 0.15) is 11.5 Å². The van der Waals surface area contributed by atoms with Crippen molar-refractivity contribution in [2.45, 2.75) is 39.2 Å². The number of aryl methyl sites for hydroxylation is 1. The summed E-state index contributed by atoms with van der Waals surface area (Å²) >= 11 is 0. The molecule has 110 valence electrons. The highest BCUT2D eigenvalue weighted by Crippen LogP contribution is 2.33. The van der Waals surface area contributed by atoms with Gasteiger partial charge >= 0.3 is 0 Å². The van der Waals surface area contributed by atoms with Crippen LogP contribution in [0.3, 0.4) is 0 Å². The Morgan fingerprint density at radius 1 is 1.40 bits per heavy atom. The third kappa shape index (κ3) is 3.54. The van der Waals surface area contributed by atoms with Crippen molar-refractivity contribution in [3.05, 3.63) is 41.2 Å². The molecule has 1 aromatic carbocycles. The lowest BCUT2D eigenvalue weighted by Gasteiger charge is -2.26. The van der Waals surface area contributed by atoms with Gasteiger partial charge in [0, 0.05) is 5.56 Å². The molecule has 1 atom stereocenters. The second-order valence-electron chi connectivity index (χ2n) is 5.23. The summed E-state index contributed by atoms with van der Waals surface area (Å²) in [6.07, 6.45) is 5.50. The Morgan fingerprint density at radius 3 is 2.90 bits per heavy atom. The largest absolute Gasteiger partial charge is 0.496 e. The SMILES string of the molecule is CCCNC(C1=CCCCO1)c1ccc(C)cc1OC. The number of methoxy groups -OCH3 is 1. The number of hydrogen-bond acceptors (Lipinski definition) is 3. The predicted molar refractivity (Wildman–Crippen MR) is 82.0 cm³/mol. The summed E-state index contributed by atoms with van der Waals surface area (Å²) in [5.41, 5.74) is 2.36.